The molecule has 1 aromatic heterocycles. The first-order valence-corrected chi connectivity index (χ1v) is 11.4. The zero-order valence-corrected chi connectivity index (χ0v) is 18.6. The predicted octanol–water partition coefficient (Wildman–Crippen LogP) is 5.59. The predicted molar refractivity (Wildman–Crippen MR) is 122 cm³/mol. The third-order valence-electron chi connectivity index (χ3n) is 5.79. The Kier molecular flexibility index (Phi) is 6.23. The summed E-state index contributed by atoms with van der Waals surface area (Å²) in [6.07, 6.45) is 2.08. The van der Waals surface area contributed by atoms with E-state index < -0.39 is 0 Å². The van der Waals surface area contributed by atoms with Gasteiger partial charge in [0.1, 0.15) is 5.75 Å². The van der Waals surface area contributed by atoms with Crippen molar-refractivity contribution in [1.29, 1.82) is 0 Å². The summed E-state index contributed by atoms with van der Waals surface area (Å²) < 4.78 is 6.48. The van der Waals surface area contributed by atoms with Gasteiger partial charge in [0.2, 0.25) is 0 Å². The summed E-state index contributed by atoms with van der Waals surface area (Å²) in [6, 6.07) is 16.2. The van der Waals surface area contributed by atoms with Crippen LogP contribution in [0, 0.1) is 5.92 Å². The molecule has 3 aromatic rings. The average molecular weight is 424 g/mol. The third-order valence-corrected chi connectivity index (χ3v) is 6.99. The molecule has 1 aliphatic rings. The van der Waals surface area contributed by atoms with Crippen LogP contribution in [0.2, 0.25) is 0 Å². The van der Waals surface area contributed by atoms with Crippen LogP contribution in [0.5, 0.6) is 5.75 Å². The number of fused-ring (bicyclic) bond motifs is 1. The molecule has 0 radical (unpaired) electrons. The maximum Gasteiger partial charge on any atom is 0.317 e. The zero-order chi connectivity index (χ0) is 21.1. The highest BCUT2D eigenvalue weighted by molar-refractivity contribution is 7.18. The van der Waals surface area contributed by atoms with E-state index in [1.54, 1.807) is 18.4 Å². The Morgan fingerprint density at radius 3 is 2.67 bits per heavy atom. The molecule has 2 amide bonds. The molecule has 4 rings (SSSR count). The zero-order valence-electron chi connectivity index (χ0n) is 17.8. The van der Waals surface area contributed by atoms with E-state index in [9.17, 15) is 4.79 Å². The molecular formula is C24H29N3O2S. The molecule has 2 atom stereocenters. The molecule has 1 aliphatic heterocycles. The van der Waals surface area contributed by atoms with Gasteiger partial charge in [0, 0.05) is 19.0 Å². The molecule has 0 aliphatic carbocycles. The molecule has 0 unspecified atom stereocenters. The van der Waals surface area contributed by atoms with E-state index in [0.717, 1.165) is 47.8 Å². The summed E-state index contributed by atoms with van der Waals surface area (Å²) in [6.45, 7) is 5.78. The number of hydrogen-bond donors (Lipinski definition) is 1. The highest BCUT2D eigenvalue weighted by atomic mass is 32.1. The van der Waals surface area contributed by atoms with E-state index in [4.69, 9.17) is 9.72 Å². The van der Waals surface area contributed by atoms with Gasteiger partial charge in [0.15, 0.2) is 0 Å². The van der Waals surface area contributed by atoms with Gasteiger partial charge in [-0.3, -0.25) is 0 Å². The number of amides is 2. The maximum absolute atomic E-state index is 13.1. The molecule has 2 aromatic carbocycles. The summed E-state index contributed by atoms with van der Waals surface area (Å²) in [5.74, 6) is 1.41. The fourth-order valence-corrected chi connectivity index (χ4v) is 5.19. The maximum atomic E-state index is 13.1. The Morgan fingerprint density at radius 2 is 1.97 bits per heavy atom. The highest BCUT2D eigenvalue weighted by Gasteiger charge is 2.29. The smallest absolute Gasteiger partial charge is 0.317 e. The van der Waals surface area contributed by atoms with Crippen molar-refractivity contribution in [3.63, 3.8) is 0 Å². The van der Waals surface area contributed by atoms with E-state index in [1.165, 1.54) is 4.70 Å². The number of methoxy groups -OCH3 is 1. The molecular weight excluding hydrogens is 394 g/mol. The van der Waals surface area contributed by atoms with Crippen molar-refractivity contribution in [2.75, 3.05) is 20.2 Å². The Morgan fingerprint density at radius 1 is 1.20 bits per heavy atom. The lowest BCUT2D eigenvalue weighted by molar-refractivity contribution is 0.172. The summed E-state index contributed by atoms with van der Waals surface area (Å²) in [4.78, 5) is 19.9. The molecule has 30 heavy (non-hydrogen) atoms. The average Bonchev–Trinajstić information content (AvgIpc) is 3.22. The van der Waals surface area contributed by atoms with E-state index in [-0.39, 0.29) is 18.0 Å². The SMILES string of the molecule is COc1ccc([C@H](NC(=O)N2CCC[C@@H](c3nc4ccccc4s3)C2)C(C)C)cc1. The second-order valence-electron chi connectivity index (χ2n) is 8.25. The standard InChI is InChI=1S/C24H29N3O2S/c1-16(2)22(17-10-12-19(29-3)13-11-17)26-24(28)27-14-6-7-18(15-27)23-25-20-8-4-5-9-21(20)30-23/h4-5,8-13,16,18,22H,6-7,14-15H2,1-3H3,(H,26,28)/t18-,22-/m1/s1. The topological polar surface area (TPSA) is 54.5 Å². The normalized spacial score (nSPS) is 17.9. The number of para-hydroxylation sites is 1. The number of nitrogens with zero attached hydrogens (tertiary/aromatic N) is 2. The fraction of sp³-hybridized carbons (Fsp3) is 0.417. The van der Waals surface area contributed by atoms with Gasteiger partial charge >= 0.3 is 6.03 Å². The van der Waals surface area contributed by atoms with Gasteiger partial charge in [-0.15, -0.1) is 11.3 Å². The van der Waals surface area contributed by atoms with Crippen LogP contribution in [0.3, 0.4) is 0 Å². The van der Waals surface area contributed by atoms with Gasteiger partial charge < -0.3 is 15.0 Å². The minimum atomic E-state index is -0.0359. The van der Waals surface area contributed by atoms with Crippen LogP contribution in [-0.4, -0.2) is 36.1 Å². The van der Waals surface area contributed by atoms with E-state index in [0.29, 0.717) is 5.92 Å². The summed E-state index contributed by atoms with van der Waals surface area (Å²) in [5, 5.41) is 4.41. The number of thiazole rings is 1. The van der Waals surface area contributed by atoms with Gasteiger partial charge in [-0.05, 0) is 48.6 Å². The second-order valence-corrected chi connectivity index (χ2v) is 9.31. The van der Waals surface area contributed by atoms with Crippen LogP contribution in [0.4, 0.5) is 4.79 Å². The largest absolute Gasteiger partial charge is 0.497 e. The molecule has 1 N–H and O–H groups in total. The minimum Gasteiger partial charge on any atom is -0.497 e. The van der Waals surface area contributed by atoms with Gasteiger partial charge in [0.05, 0.1) is 28.4 Å². The number of piperidine rings is 1. The van der Waals surface area contributed by atoms with Gasteiger partial charge in [-0.1, -0.05) is 38.1 Å². The first-order chi connectivity index (χ1) is 14.5. The first-order valence-electron chi connectivity index (χ1n) is 10.6. The Bertz CT molecular complexity index is 966. The Labute approximate surface area is 182 Å². The van der Waals surface area contributed by atoms with Crippen LogP contribution in [0.15, 0.2) is 48.5 Å². The van der Waals surface area contributed by atoms with Crippen molar-refractivity contribution in [3.8, 4) is 5.75 Å². The molecule has 1 fully saturated rings. The number of likely N-dealkylation sites (tertiary alicyclic amines) is 1. The van der Waals surface area contributed by atoms with Crippen molar-refractivity contribution in [2.24, 2.45) is 5.92 Å². The molecule has 6 heteroatoms. The lowest BCUT2D eigenvalue weighted by atomic mass is 9.95. The Balaban J connectivity index is 1.46. The number of urea groups is 1. The number of carbonyl (C=O) groups is 1. The summed E-state index contributed by atoms with van der Waals surface area (Å²) in [5.41, 5.74) is 2.15. The summed E-state index contributed by atoms with van der Waals surface area (Å²) in [7, 11) is 1.66. The van der Waals surface area contributed by atoms with Crippen molar-refractivity contribution in [3.05, 3.63) is 59.1 Å². The third kappa shape index (κ3) is 4.43. The molecule has 0 bridgehead atoms. The van der Waals surface area contributed by atoms with Gasteiger partial charge in [0.25, 0.3) is 0 Å². The molecule has 5 nitrogen and oxygen atoms in total. The number of hydrogen-bond acceptors (Lipinski definition) is 4. The Hall–Kier alpha value is -2.60. The number of benzene rings is 2. The number of rotatable bonds is 5. The quantitative estimate of drug-likeness (QED) is 0.582. The van der Waals surface area contributed by atoms with Crippen LogP contribution < -0.4 is 10.1 Å². The molecule has 158 valence electrons. The van der Waals surface area contributed by atoms with Crippen LogP contribution >= 0.6 is 11.3 Å². The van der Waals surface area contributed by atoms with E-state index in [1.807, 2.05) is 35.2 Å². The van der Waals surface area contributed by atoms with Gasteiger partial charge in [-0.25, -0.2) is 9.78 Å². The molecule has 0 saturated carbocycles. The lowest BCUT2D eigenvalue weighted by Crippen LogP contribution is -2.46. The number of nitrogens with one attached hydrogen (secondary N) is 1. The van der Waals surface area contributed by atoms with Crippen molar-refractivity contribution in [2.45, 2.75) is 38.6 Å². The van der Waals surface area contributed by atoms with E-state index >= 15 is 0 Å². The lowest BCUT2D eigenvalue weighted by Gasteiger charge is -2.34. The van der Waals surface area contributed by atoms with Crippen LogP contribution in [0.1, 0.15) is 49.2 Å². The van der Waals surface area contributed by atoms with Crippen molar-refractivity contribution in [1.82, 2.24) is 15.2 Å². The van der Waals surface area contributed by atoms with Crippen molar-refractivity contribution >= 4 is 27.6 Å². The number of ether oxygens (including phenoxy) is 1. The van der Waals surface area contributed by atoms with E-state index in [2.05, 4.69) is 37.4 Å². The monoisotopic (exact) mass is 423 g/mol. The van der Waals surface area contributed by atoms with Crippen LogP contribution in [-0.2, 0) is 0 Å². The fourth-order valence-electron chi connectivity index (χ4n) is 4.10. The first kappa shape index (κ1) is 20.7. The second kappa shape index (κ2) is 9.04. The number of carbonyl (C=O) groups excluding carboxylic acids is 1. The molecule has 0 spiro atoms. The number of aromatic nitrogens is 1. The van der Waals surface area contributed by atoms with Crippen LogP contribution in [0.25, 0.3) is 10.2 Å². The summed E-state index contributed by atoms with van der Waals surface area (Å²) >= 11 is 1.76. The van der Waals surface area contributed by atoms with Crippen molar-refractivity contribution < 1.29 is 9.53 Å². The van der Waals surface area contributed by atoms with Gasteiger partial charge in [-0.2, -0.15) is 0 Å². The molecule has 2 heterocycles. The highest BCUT2D eigenvalue weighted by Crippen LogP contribution is 2.33. The minimum absolute atomic E-state index is 0.00956. The molecule has 1 saturated heterocycles.